The highest BCUT2D eigenvalue weighted by atomic mass is 16.3. The molecule has 1 aromatic heterocycles. The number of hydrogen-bond acceptors (Lipinski definition) is 5. The van der Waals surface area contributed by atoms with E-state index in [1.54, 1.807) is 26.2 Å². The van der Waals surface area contributed by atoms with Crippen LogP contribution in [-0.4, -0.2) is 37.5 Å². The zero-order valence-electron chi connectivity index (χ0n) is 15.7. The second kappa shape index (κ2) is 7.08. The summed E-state index contributed by atoms with van der Waals surface area (Å²) in [6.07, 6.45) is 6.22. The average Bonchev–Trinajstić information content (AvgIpc) is 2.53. The second-order valence-corrected chi connectivity index (χ2v) is 7.74. The highest BCUT2D eigenvalue weighted by Gasteiger charge is 2.43. The number of nitrogens with two attached hydrogens (primary N) is 1. The molecule has 6 N–H and O–H groups in total. The lowest BCUT2D eigenvalue weighted by atomic mass is 9.63. The summed E-state index contributed by atoms with van der Waals surface area (Å²) < 4.78 is 0. The number of amidine groups is 1. The van der Waals surface area contributed by atoms with E-state index in [0.717, 1.165) is 36.0 Å². The van der Waals surface area contributed by atoms with Crippen molar-refractivity contribution in [2.45, 2.75) is 50.5 Å². The molecule has 0 bridgehead atoms. The van der Waals surface area contributed by atoms with Gasteiger partial charge in [-0.05, 0) is 37.8 Å². The van der Waals surface area contributed by atoms with E-state index in [2.05, 4.69) is 15.0 Å². The van der Waals surface area contributed by atoms with E-state index in [9.17, 15) is 5.11 Å². The smallest absolute Gasteiger partial charge is 0.335 e. The molecule has 1 saturated carbocycles. The first-order chi connectivity index (χ1) is 12.7. The summed E-state index contributed by atoms with van der Waals surface area (Å²) in [6.45, 7) is 3.28. The molecule has 1 aromatic carbocycles. The number of nitrogens with zero attached hydrogens (tertiary/aromatic N) is 3. The minimum atomic E-state index is -1.00. The lowest BCUT2D eigenvalue weighted by Crippen LogP contribution is -2.41. The Labute approximate surface area is 158 Å². The van der Waals surface area contributed by atoms with E-state index in [-0.39, 0.29) is 24.1 Å². The van der Waals surface area contributed by atoms with Crippen molar-refractivity contribution in [2.75, 3.05) is 5.73 Å². The lowest BCUT2D eigenvalue weighted by molar-refractivity contribution is 0.0844. The Morgan fingerprint density at radius 3 is 2.30 bits per heavy atom. The number of hydrogen-bond donors (Lipinski definition) is 3. The van der Waals surface area contributed by atoms with E-state index in [1.807, 2.05) is 24.3 Å². The molecule has 27 heavy (non-hydrogen) atoms. The van der Waals surface area contributed by atoms with Gasteiger partial charge >= 0.3 is 5.90 Å². The normalized spacial score (nSPS) is 16.6. The van der Waals surface area contributed by atoms with E-state index in [1.165, 1.54) is 0 Å². The maximum Gasteiger partial charge on any atom is 0.335 e. The van der Waals surface area contributed by atoms with Crippen LogP contribution in [-0.2, 0) is 5.41 Å². The fourth-order valence-corrected chi connectivity index (χ4v) is 3.35. The molecule has 0 atom stereocenters. The highest BCUT2D eigenvalue weighted by Crippen LogP contribution is 2.45. The molecule has 1 heterocycles. The molecular formula is C20H26N5O2+. The van der Waals surface area contributed by atoms with Crippen molar-refractivity contribution in [2.24, 2.45) is 4.99 Å². The van der Waals surface area contributed by atoms with Gasteiger partial charge in [0.15, 0.2) is 0 Å². The summed E-state index contributed by atoms with van der Waals surface area (Å²) in [5, 5.41) is 26.3. The molecule has 0 radical (unpaired) electrons. The lowest BCUT2D eigenvalue weighted by Gasteiger charge is -2.41. The van der Waals surface area contributed by atoms with Gasteiger partial charge in [-0.2, -0.15) is 4.99 Å². The first-order valence-corrected chi connectivity index (χ1v) is 8.99. The third kappa shape index (κ3) is 4.14. The highest BCUT2D eigenvalue weighted by molar-refractivity contribution is 5.99. The summed E-state index contributed by atoms with van der Waals surface area (Å²) >= 11 is 0. The van der Waals surface area contributed by atoms with Gasteiger partial charge in [-0.3, -0.25) is 5.41 Å². The van der Waals surface area contributed by atoms with Crippen LogP contribution in [0.4, 0.5) is 5.95 Å². The Hall–Kier alpha value is -2.80. The SMILES string of the molecule is CC(C)(O)CC([OH2+])=NC(=N)C1(c2ccc(-c3cnc(N)nc3)cc2)CCC1. The van der Waals surface area contributed by atoms with Crippen LogP contribution in [0.1, 0.15) is 45.1 Å². The Bertz CT molecular complexity index is 847. The zero-order valence-corrected chi connectivity index (χ0v) is 15.7. The minimum absolute atomic E-state index is 0.0365. The minimum Gasteiger partial charge on any atom is -0.582 e. The van der Waals surface area contributed by atoms with Crippen LogP contribution in [0.2, 0.25) is 0 Å². The second-order valence-electron chi connectivity index (χ2n) is 7.74. The fourth-order valence-electron chi connectivity index (χ4n) is 3.35. The van der Waals surface area contributed by atoms with Crippen molar-refractivity contribution in [3.05, 3.63) is 42.2 Å². The number of nitrogens with one attached hydrogen (secondary N) is 1. The van der Waals surface area contributed by atoms with Gasteiger partial charge in [-0.15, -0.1) is 0 Å². The van der Waals surface area contributed by atoms with Crippen LogP contribution in [0, 0.1) is 5.41 Å². The third-order valence-corrected chi connectivity index (χ3v) is 4.95. The number of anilines is 1. The number of aliphatic hydroxyl groups is 1. The van der Waals surface area contributed by atoms with Crippen LogP contribution in [0.5, 0.6) is 0 Å². The third-order valence-electron chi connectivity index (χ3n) is 4.95. The van der Waals surface area contributed by atoms with Gasteiger partial charge in [-0.1, -0.05) is 30.7 Å². The Morgan fingerprint density at radius 2 is 1.81 bits per heavy atom. The molecule has 3 rings (SSSR count). The molecule has 0 aliphatic heterocycles. The van der Waals surface area contributed by atoms with Crippen molar-refractivity contribution in [1.29, 1.82) is 5.41 Å². The van der Waals surface area contributed by atoms with Crippen molar-refractivity contribution in [1.82, 2.24) is 9.97 Å². The first kappa shape index (κ1) is 19.0. The van der Waals surface area contributed by atoms with Gasteiger partial charge < -0.3 is 15.9 Å². The van der Waals surface area contributed by atoms with Gasteiger partial charge in [0.2, 0.25) is 5.95 Å². The average molecular weight is 368 g/mol. The molecule has 0 spiro atoms. The van der Waals surface area contributed by atoms with Gasteiger partial charge in [0.25, 0.3) is 0 Å². The van der Waals surface area contributed by atoms with Crippen molar-refractivity contribution < 1.29 is 10.2 Å². The van der Waals surface area contributed by atoms with Crippen molar-refractivity contribution in [3.63, 3.8) is 0 Å². The van der Waals surface area contributed by atoms with Crippen LogP contribution in [0.25, 0.3) is 11.1 Å². The number of aromatic nitrogens is 2. The van der Waals surface area contributed by atoms with Crippen molar-refractivity contribution in [3.8, 4) is 11.1 Å². The predicted octanol–water partition coefficient (Wildman–Crippen LogP) is 2.41. The summed E-state index contributed by atoms with van der Waals surface area (Å²) in [4.78, 5) is 12.2. The van der Waals surface area contributed by atoms with Crippen LogP contribution < -0.4 is 5.73 Å². The summed E-state index contributed by atoms with van der Waals surface area (Å²) in [5.74, 6) is 0.480. The zero-order chi connectivity index (χ0) is 19.7. The molecule has 1 fully saturated rings. The standard InChI is InChI=1S/C20H25N5O2/c1-19(2,27)10-16(26)25-17(21)20(8-3-9-20)15-6-4-13(5-7-15)14-11-23-18(22)24-12-14/h4-7,11-12,27H,3,8-10H2,1-2H3,(H2,21,25,26)(H2,22,23,24)/p+1. The van der Waals surface area contributed by atoms with Gasteiger partial charge in [0.05, 0.1) is 11.0 Å². The Kier molecular flexibility index (Phi) is 4.97. The molecule has 0 amide bonds. The maximum absolute atomic E-state index is 9.86. The van der Waals surface area contributed by atoms with Gasteiger partial charge in [0, 0.05) is 18.0 Å². The molecule has 0 saturated heterocycles. The predicted molar refractivity (Wildman–Crippen MR) is 107 cm³/mol. The number of nitrogen functional groups attached to an aromatic ring is 1. The van der Waals surface area contributed by atoms with E-state index < -0.39 is 11.0 Å². The molecule has 0 unspecified atom stereocenters. The molecule has 2 aromatic rings. The number of rotatable bonds is 5. The Morgan fingerprint density at radius 1 is 1.22 bits per heavy atom. The molecule has 7 nitrogen and oxygen atoms in total. The van der Waals surface area contributed by atoms with E-state index >= 15 is 0 Å². The van der Waals surface area contributed by atoms with Crippen LogP contribution in [0.15, 0.2) is 41.7 Å². The van der Waals surface area contributed by atoms with Gasteiger partial charge in [-0.25, -0.2) is 9.97 Å². The molecule has 7 heteroatoms. The summed E-state index contributed by atoms with van der Waals surface area (Å²) in [7, 11) is 0. The molecule has 1 aliphatic rings. The molecule has 142 valence electrons. The number of aliphatic imine (C=N–C) groups is 1. The Balaban J connectivity index is 1.83. The number of benzene rings is 1. The monoisotopic (exact) mass is 368 g/mol. The summed E-state index contributed by atoms with van der Waals surface area (Å²) in [6, 6.07) is 7.99. The van der Waals surface area contributed by atoms with Crippen molar-refractivity contribution >= 4 is 17.7 Å². The largest absolute Gasteiger partial charge is 0.582 e. The fraction of sp³-hybridized carbons (Fsp3) is 0.400. The molecular weight excluding hydrogens is 342 g/mol. The van der Waals surface area contributed by atoms with Crippen LogP contribution >= 0.6 is 0 Å². The van der Waals surface area contributed by atoms with E-state index in [0.29, 0.717) is 0 Å². The molecule has 1 aliphatic carbocycles. The first-order valence-electron chi connectivity index (χ1n) is 8.99. The summed E-state index contributed by atoms with van der Waals surface area (Å²) in [5.41, 5.74) is 6.97. The van der Waals surface area contributed by atoms with Crippen LogP contribution in [0.3, 0.4) is 0 Å². The quantitative estimate of drug-likeness (QED) is 0.425. The maximum atomic E-state index is 9.86. The van der Waals surface area contributed by atoms with E-state index in [4.69, 9.17) is 16.2 Å². The van der Waals surface area contributed by atoms with Gasteiger partial charge in [0.1, 0.15) is 12.3 Å². The topological polar surface area (TPSA) is 131 Å².